The predicted octanol–water partition coefficient (Wildman–Crippen LogP) is 1.45. The highest BCUT2D eigenvalue weighted by molar-refractivity contribution is 5.20. The average Bonchev–Trinajstić information content (AvgIpc) is 1.99. The molecule has 1 heterocycles. The third-order valence-electron chi connectivity index (χ3n) is 2.28. The largest absolute Gasteiger partial charge is 0.310 e. The van der Waals surface area contributed by atoms with Crippen molar-refractivity contribution in [3.05, 3.63) is 27.4 Å². The van der Waals surface area contributed by atoms with Crippen LogP contribution >= 0.6 is 0 Å². The lowest BCUT2D eigenvalue weighted by atomic mass is 10.1. The van der Waals surface area contributed by atoms with Crippen LogP contribution in [-0.2, 0) is 0 Å². The Bertz CT molecular complexity index is 395. The Morgan fingerprint density at radius 3 is 2.33 bits per heavy atom. The fraction of sp³-hybridized carbons (Fsp3) is 0.636. The fourth-order valence-corrected chi connectivity index (χ4v) is 1.83. The Morgan fingerprint density at radius 2 is 1.87 bits per heavy atom. The van der Waals surface area contributed by atoms with Gasteiger partial charge < -0.3 is 10.3 Å². The van der Waals surface area contributed by atoms with Gasteiger partial charge in [0.2, 0.25) is 0 Å². The van der Waals surface area contributed by atoms with E-state index in [1.54, 1.807) is 6.92 Å². The zero-order valence-corrected chi connectivity index (χ0v) is 10.0. The van der Waals surface area contributed by atoms with Crippen LogP contribution in [0, 0.1) is 13.8 Å². The van der Waals surface area contributed by atoms with Crippen LogP contribution in [0.25, 0.3) is 0 Å². The molecule has 1 rings (SSSR count). The van der Waals surface area contributed by atoms with Crippen LogP contribution in [0.4, 0.5) is 0 Å². The zero-order valence-electron chi connectivity index (χ0n) is 10.0. The van der Waals surface area contributed by atoms with E-state index in [4.69, 9.17) is 0 Å². The van der Waals surface area contributed by atoms with Gasteiger partial charge in [0.05, 0.1) is 5.56 Å². The first kappa shape index (κ1) is 11.9. The van der Waals surface area contributed by atoms with Crippen LogP contribution in [0.1, 0.15) is 43.9 Å². The maximum atomic E-state index is 11.7. The molecule has 0 aromatic carbocycles. The van der Waals surface area contributed by atoms with Gasteiger partial charge in [-0.15, -0.1) is 0 Å². The Morgan fingerprint density at radius 1 is 1.27 bits per heavy atom. The second kappa shape index (κ2) is 4.57. The van der Waals surface area contributed by atoms with Gasteiger partial charge in [-0.05, 0) is 20.8 Å². The summed E-state index contributed by atoms with van der Waals surface area (Å²) in [6.45, 7) is 9.76. The molecule has 0 saturated heterocycles. The van der Waals surface area contributed by atoms with Gasteiger partial charge in [0, 0.05) is 17.8 Å². The monoisotopic (exact) mass is 209 g/mol. The van der Waals surface area contributed by atoms with Crippen molar-refractivity contribution in [1.82, 2.24) is 15.3 Å². The van der Waals surface area contributed by atoms with Gasteiger partial charge in [0.15, 0.2) is 0 Å². The van der Waals surface area contributed by atoms with Gasteiger partial charge >= 0.3 is 0 Å². The smallest absolute Gasteiger partial charge is 0.255 e. The van der Waals surface area contributed by atoms with E-state index in [9.17, 15) is 4.79 Å². The van der Waals surface area contributed by atoms with Crippen LogP contribution in [-0.4, -0.2) is 16.0 Å². The normalized spacial score (nSPS) is 13.2. The Labute approximate surface area is 90.1 Å². The lowest BCUT2D eigenvalue weighted by molar-refractivity contribution is 0.499. The molecule has 0 radical (unpaired) electrons. The molecule has 0 aliphatic heterocycles. The molecule has 0 bridgehead atoms. The SMILES string of the molecule is Cc1nc(C)c(C(C)NC(C)C)c(=O)[nH]1. The van der Waals surface area contributed by atoms with Crippen molar-refractivity contribution in [1.29, 1.82) is 0 Å². The maximum absolute atomic E-state index is 11.7. The minimum atomic E-state index is -0.0411. The number of aryl methyl sites for hydroxylation is 2. The van der Waals surface area contributed by atoms with E-state index < -0.39 is 0 Å². The summed E-state index contributed by atoms with van der Waals surface area (Å²) < 4.78 is 0. The van der Waals surface area contributed by atoms with E-state index >= 15 is 0 Å². The van der Waals surface area contributed by atoms with Crippen molar-refractivity contribution in [3.63, 3.8) is 0 Å². The van der Waals surface area contributed by atoms with E-state index in [-0.39, 0.29) is 11.6 Å². The second-order valence-corrected chi connectivity index (χ2v) is 4.19. The zero-order chi connectivity index (χ0) is 11.6. The van der Waals surface area contributed by atoms with Crippen molar-refractivity contribution < 1.29 is 0 Å². The van der Waals surface area contributed by atoms with Crippen molar-refractivity contribution in [2.45, 2.75) is 46.7 Å². The summed E-state index contributed by atoms with van der Waals surface area (Å²) in [5.74, 6) is 0.665. The highest BCUT2D eigenvalue weighted by Crippen LogP contribution is 2.11. The van der Waals surface area contributed by atoms with Gasteiger partial charge in [0.25, 0.3) is 5.56 Å². The summed E-state index contributed by atoms with van der Waals surface area (Å²) in [6.07, 6.45) is 0. The molecule has 1 unspecified atom stereocenters. The summed E-state index contributed by atoms with van der Waals surface area (Å²) in [5.41, 5.74) is 1.49. The number of aromatic amines is 1. The first-order chi connectivity index (χ1) is 6.91. The molecule has 2 N–H and O–H groups in total. The van der Waals surface area contributed by atoms with Gasteiger partial charge in [-0.25, -0.2) is 4.98 Å². The molecule has 4 nitrogen and oxygen atoms in total. The summed E-state index contributed by atoms with van der Waals surface area (Å²) in [4.78, 5) is 18.7. The van der Waals surface area contributed by atoms with E-state index in [1.165, 1.54) is 0 Å². The van der Waals surface area contributed by atoms with Gasteiger partial charge in [0.1, 0.15) is 5.82 Å². The molecule has 0 amide bonds. The molecule has 1 aromatic heterocycles. The number of hydrogen-bond donors (Lipinski definition) is 2. The van der Waals surface area contributed by atoms with Crippen LogP contribution in [0.5, 0.6) is 0 Å². The van der Waals surface area contributed by atoms with Crippen molar-refractivity contribution in [2.24, 2.45) is 0 Å². The first-order valence-electron chi connectivity index (χ1n) is 5.25. The lowest BCUT2D eigenvalue weighted by Crippen LogP contribution is -2.31. The molecule has 0 aliphatic rings. The van der Waals surface area contributed by atoms with Crippen LogP contribution in [0.15, 0.2) is 4.79 Å². The summed E-state index contributed by atoms with van der Waals surface area (Å²) in [6, 6.07) is 0.377. The quantitative estimate of drug-likeness (QED) is 0.792. The van der Waals surface area contributed by atoms with Crippen LogP contribution in [0.3, 0.4) is 0 Å². The summed E-state index contributed by atoms with van der Waals surface area (Å²) in [7, 11) is 0. The van der Waals surface area contributed by atoms with Gasteiger partial charge in [-0.2, -0.15) is 0 Å². The molecule has 0 saturated carbocycles. The molecular weight excluding hydrogens is 190 g/mol. The molecule has 1 atom stereocenters. The fourth-order valence-electron chi connectivity index (χ4n) is 1.83. The lowest BCUT2D eigenvalue weighted by Gasteiger charge is -2.17. The topological polar surface area (TPSA) is 57.8 Å². The van der Waals surface area contributed by atoms with Gasteiger partial charge in [-0.3, -0.25) is 4.79 Å². The summed E-state index contributed by atoms with van der Waals surface area (Å²) in [5, 5.41) is 3.30. The standard InChI is InChI=1S/C11H19N3O/c1-6(2)12-7(3)10-8(4)13-9(5)14-11(10)15/h6-7,12H,1-5H3,(H,13,14,15). The third-order valence-corrected chi connectivity index (χ3v) is 2.28. The predicted molar refractivity (Wildman–Crippen MR) is 61.0 cm³/mol. The number of hydrogen-bond acceptors (Lipinski definition) is 3. The number of aromatic nitrogens is 2. The van der Waals surface area contributed by atoms with Crippen LogP contribution in [0.2, 0.25) is 0 Å². The third kappa shape index (κ3) is 2.89. The molecule has 84 valence electrons. The molecule has 1 aromatic rings. The number of nitrogens with zero attached hydrogens (tertiary/aromatic N) is 1. The second-order valence-electron chi connectivity index (χ2n) is 4.19. The number of rotatable bonds is 3. The highest BCUT2D eigenvalue weighted by atomic mass is 16.1. The maximum Gasteiger partial charge on any atom is 0.255 e. The van der Waals surface area contributed by atoms with E-state index in [1.807, 2.05) is 13.8 Å². The van der Waals surface area contributed by atoms with Crippen molar-refractivity contribution in [2.75, 3.05) is 0 Å². The molecule has 0 fully saturated rings. The van der Waals surface area contributed by atoms with Crippen molar-refractivity contribution >= 4 is 0 Å². The minimum Gasteiger partial charge on any atom is -0.310 e. The van der Waals surface area contributed by atoms with E-state index in [2.05, 4.69) is 29.1 Å². The average molecular weight is 209 g/mol. The Hall–Kier alpha value is -1.16. The Kier molecular flexibility index (Phi) is 3.63. The van der Waals surface area contributed by atoms with E-state index in [0.29, 0.717) is 11.9 Å². The minimum absolute atomic E-state index is 0.0295. The Balaban J connectivity index is 3.09. The van der Waals surface area contributed by atoms with E-state index in [0.717, 1.165) is 11.3 Å². The molecule has 4 heteroatoms. The number of nitrogens with one attached hydrogen (secondary N) is 2. The van der Waals surface area contributed by atoms with Crippen LogP contribution < -0.4 is 10.9 Å². The molecule has 0 aliphatic carbocycles. The molecule has 15 heavy (non-hydrogen) atoms. The number of H-pyrrole nitrogens is 1. The summed E-state index contributed by atoms with van der Waals surface area (Å²) >= 11 is 0. The van der Waals surface area contributed by atoms with Crippen molar-refractivity contribution in [3.8, 4) is 0 Å². The molecular formula is C11H19N3O. The van der Waals surface area contributed by atoms with Gasteiger partial charge in [-0.1, -0.05) is 13.8 Å². The highest BCUT2D eigenvalue weighted by Gasteiger charge is 2.14. The molecule has 0 spiro atoms. The first-order valence-corrected chi connectivity index (χ1v) is 5.25.